The third-order valence-electron chi connectivity index (χ3n) is 2.00. The summed E-state index contributed by atoms with van der Waals surface area (Å²) in [5, 5.41) is 0. The number of halogens is 1. The fraction of sp³-hybridized carbons (Fsp3) is 0.667. The maximum absolute atomic E-state index is 11.2. The van der Waals surface area contributed by atoms with E-state index in [0.717, 1.165) is 0 Å². The van der Waals surface area contributed by atoms with Gasteiger partial charge in [-0.3, -0.25) is 4.79 Å². The van der Waals surface area contributed by atoms with Gasteiger partial charge in [-0.2, -0.15) is 5.90 Å². The topological polar surface area (TPSA) is 90.7 Å². The van der Waals surface area contributed by atoms with Crippen LogP contribution in [0.15, 0.2) is 11.1 Å². The summed E-state index contributed by atoms with van der Waals surface area (Å²) >= 11 is 0. The number of nitrogens with zero attached hydrogens (tertiary/aromatic N) is 1. The van der Waals surface area contributed by atoms with E-state index in [1.807, 2.05) is 6.92 Å². The Hall–Kier alpha value is -0.870. The van der Waals surface area contributed by atoms with E-state index in [-0.39, 0.29) is 18.4 Å². The highest BCUT2D eigenvalue weighted by Crippen LogP contribution is 2.11. The molecule has 0 rings (SSSR count). The van der Waals surface area contributed by atoms with Crippen LogP contribution in [-0.4, -0.2) is 24.9 Å². The first-order valence-corrected chi connectivity index (χ1v) is 4.49. The maximum atomic E-state index is 11.2. The van der Waals surface area contributed by atoms with E-state index in [0.29, 0.717) is 12.8 Å². The van der Waals surface area contributed by atoms with Gasteiger partial charge in [0.1, 0.15) is 0 Å². The summed E-state index contributed by atoms with van der Waals surface area (Å²) in [6.45, 7) is 1.90. The molecule has 0 aromatic carbocycles. The lowest BCUT2D eigenvalue weighted by atomic mass is 9.95. The molecular weight excluding hydrogens is 218 g/mol. The number of hydrogen-bond acceptors (Lipinski definition) is 5. The number of rotatable bonds is 5. The Balaban J connectivity index is 0. The molecule has 0 saturated heterocycles. The van der Waals surface area contributed by atoms with Crippen LogP contribution in [0, 0.1) is 5.92 Å². The van der Waals surface area contributed by atoms with Gasteiger partial charge in [0.15, 0.2) is 0 Å². The molecule has 0 bridgehead atoms. The van der Waals surface area contributed by atoms with Crippen LogP contribution < -0.4 is 11.6 Å². The lowest BCUT2D eigenvalue weighted by Crippen LogP contribution is -2.36. The van der Waals surface area contributed by atoms with Crippen LogP contribution in [0.4, 0.5) is 0 Å². The molecule has 0 fully saturated rings. The van der Waals surface area contributed by atoms with Gasteiger partial charge in [0.2, 0.25) is 0 Å². The minimum Gasteiger partial charge on any atom is -0.373 e. The summed E-state index contributed by atoms with van der Waals surface area (Å²) in [6, 6.07) is -0.249. The first kappa shape index (κ1) is 16.6. The van der Waals surface area contributed by atoms with Crippen LogP contribution in [0.5, 0.6) is 0 Å². The molecule has 0 aromatic rings. The monoisotopic (exact) mass is 235 g/mol. The number of carbonyl (C=O) groups excluding carboxylic acids is 1. The van der Waals surface area contributed by atoms with Gasteiger partial charge in [0.25, 0.3) is 0 Å². The molecule has 0 radical (unpaired) electrons. The van der Waals surface area contributed by atoms with Crippen LogP contribution in [0.3, 0.4) is 0 Å². The van der Waals surface area contributed by atoms with Crippen LogP contribution in [0.1, 0.15) is 19.8 Å². The van der Waals surface area contributed by atoms with E-state index < -0.39 is 11.9 Å². The zero-order valence-electron chi connectivity index (χ0n) is 8.97. The van der Waals surface area contributed by atoms with Crippen LogP contribution in [0.25, 0.3) is 0 Å². The van der Waals surface area contributed by atoms with Gasteiger partial charge in [-0.15, -0.1) is 12.4 Å². The molecule has 0 aliphatic carbocycles. The van der Waals surface area contributed by atoms with Crippen molar-refractivity contribution in [3.8, 4) is 0 Å². The SMILES string of the molecule is CCC(N)C(CC=C=NC)C(=O)ON.Cl. The summed E-state index contributed by atoms with van der Waals surface area (Å²) in [6.07, 6.45) is 2.79. The molecule has 0 aromatic heterocycles. The van der Waals surface area contributed by atoms with Gasteiger partial charge in [-0.1, -0.05) is 6.92 Å². The highest BCUT2D eigenvalue weighted by atomic mass is 35.5. The second-order valence-corrected chi connectivity index (χ2v) is 2.91. The Kier molecular flexibility index (Phi) is 10.7. The summed E-state index contributed by atoms with van der Waals surface area (Å²) in [5.41, 5.74) is 5.74. The molecule has 4 N–H and O–H groups in total. The molecule has 0 saturated carbocycles. The average Bonchev–Trinajstić information content (AvgIpc) is 2.22. The quantitative estimate of drug-likeness (QED) is 0.534. The number of hydrogen-bond donors (Lipinski definition) is 2. The molecule has 88 valence electrons. The van der Waals surface area contributed by atoms with E-state index in [1.165, 1.54) is 0 Å². The van der Waals surface area contributed by atoms with Gasteiger partial charge in [-0.05, 0) is 24.8 Å². The van der Waals surface area contributed by atoms with Crippen molar-refractivity contribution in [3.63, 3.8) is 0 Å². The van der Waals surface area contributed by atoms with Crippen molar-refractivity contribution >= 4 is 24.2 Å². The highest BCUT2D eigenvalue weighted by Gasteiger charge is 2.24. The van der Waals surface area contributed by atoms with E-state index in [9.17, 15) is 4.79 Å². The number of allylic oxidation sites excluding steroid dienone is 1. The molecular formula is C9H18ClN3O2. The Morgan fingerprint density at radius 1 is 1.67 bits per heavy atom. The molecule has 0 spiro atoms. The third-order valence-corrected chi connectivity index (χ3v) is 2.00. The number of carbonyl (C=O) groups is 1. The standard InChI is InChI=1S/C9H17N3O2.ClH/c1-3-8(10)7(9(13)14-11)5-4-6-12-2;/h4,7-8H,3,5,10-11H2,1-2H3;1H. The third kappa shape index (κ3) is 6.25. The first-order valence-electron chi connectivity index (χ1n) is 4.49. The first-order chi connectivity index (χ1) is 6.67. The van der Waals surface area contributed by atoms with Gasteiger partial charge >= 0.3 is 5.97 Å². The smallest absolute Gasteiger partial charge is 0.329 e. The lowest BCUT2D eigenvalue weighted by molar-refractivity contribution is -0.149. The second kappa shape index (κ2) is 9.68. The Morgan fingerprint density at radius 3 is 2.67 bits per heavy atom. The minimum absolute atomic E-state index is 0. The van der Waals surface area contributed by atoms with E-state index in [1.54, 1.807) is 13.1 Å². The van der Waals surface area contributed by atoms with Crippen LogP contribution in [0.2, 0.25) is 0 Å². The molecule has 0 heterocycles. The molecule has 2 unspecified atom stereocenters. The normalized spacial score (nSPS) is 12.8. The fourth-order valence-corrected chi connectivity index (χ4v) is 1.09. The van der Waals surface area contributed by atoms with E-state index >= 15 is 0 Å². The predicted molar refractivity (Wildman–Crippen MR) is 61.8 cm³/mol. The van der Waals surface area contributed by atoms with Gasteiger partial charge in [-0.25, -0.2) is 4.99 Å². The largest absolute Gasteiger partial charge is 0.373 e. The van der Waals surface area contributed by atoms with Gasteiger partial charge in [0, 0.05) is 13.1 Å². The van der Waals surface area contributed by atoms with Crippen molar-refractivity contribution in [2.45, 2.75) is 25.8 Å². The van der Waals surface area contributed by atoms with Gasteiger partial charge < -0.3 is 10.6 Å². The van der Waals surface area contributed by atoms with Crippen molar-refractivity contribution < 1.29 is 9.63 Å². The summed E-state index contributed by atoms with van der Waals surface area (Å²) < 4.78 is 0. The molecule has 15 heavy (non-hydrogen) atoms. The Bertz CT molecular complexity index is 240. The highest BCUT2D eigenvalue weighted by molar-refractivity contribution is 5.85. The average molecular weight is 236 g/mol. The van der Waals surface area contributed by atoms with Crippen molar-refractivity contribution in [1.82, 2.24) is 0 Å². The minimum atomic E-state index is -0.492. The molecule has 6 heteroatoms. The molecule has 0 aliphatic heterocycles. The molecule has 2 atom stereocenters. The predicted octanol–water partition coefficient (Wildman–Crippen LogP) is 0.424. The van der Waals surface area contributed by atoms with E-state index in [2.05, 4.69) is 15.7 Å². The van der Waals surface area contributed by atoms with Crippen LogP contribution in [-0.2, 0) is 9.63 Å². The summed E-state index contributed by atoms with van der Waals surface area (Å²) in [5.74, 6) is 6.53. The molecule has 0 aliphatic rings. The van der Waals surface area contributed by atoms with Crippen molar-refractivity contribution in [3.05, 3.63) is 6.08 Å². The molecule has 0 amide bonds. The number of nitrogens with two attached hydrogens (primary N) is 2. The lowest BCUT2D eigenvalue weighted by Gasteiger charge is -2.17. The van der Waals surface area contributed by atoms with Crippen molar-refractivity contribution in [2.75, 3.05) is 7.05 Å². The zero-order valence-corrected chi connectivity index (χ0v) is 9.79. The van der Waals surface area contributed by atoms with Crippen molar-refractivity contribution in [2.24, 2.45) is 22.5 Å². The number of aliphatic imine (C=N–C) groups is 1. The summed E-state index contributed by atoms with van der Waals surface area (Å²) in [4.78, 5) is 19.0. The summed E-state index contributed by atoms with van der Waals surface area (Å²) in [7, 11) is 1.60. The van der Waals surface area contributed by atoms with E-state index in [4.69, 9.17) is 11.6 Å². The van der Waals surface area contributed by atoms with Crippen LogP contribution >= 0.6 is 12.4 Å². The molecule has 5 nitrogen and oxygen atoms in total. The Labute approximate surface area is 95.9 Å². The Morgan fingerprint density at radius 2 is 2.27 bits per heavy atom. The maximum Gasteiger partial charge on any atom is 0.329 e. The second-order valence-electron chi connectivity index (χ2n) is 2.91. The van der Waals surface area contributed by atoms with Crippen molar-refractivity contribution in [1.29, 1.82) is 0 Å². The fourth-order valence-electron chi connectivity index (χ4n) is 1.09. The van der Waals surface area contributed by atoms with Gasteiger partial charge in [0.05, 0.1) is 5.92 Å². The zero-order chi connectivity index (χ0) is 11.0.